The number of ether oxygens (including phenoxy) is 1. The first-order valence-electron chi connectivity index (χ1n) is 10.1. The molecule has 2 aromatic carbocycles. The summed E-state index contributed by atoms with van der Waals surface area (Å²) in [5.41, 5.74) is 4.24. The molecule has 0 bridgehead atoms. The lowest BCUT2D eigenvalue weighted by Crippen LogP contribution is -2.60. The van der Waals surface area contributed by atoms with Crippen molar-refractivity contribution in [3.05, 3.63) is 79.9 Å². The van der Waals surface area contributed by atoms with Gasteiger partial charge in [0, 0.05) is 18.1 Å². The van der Waals surface area contributed by atoms with Gasteiger partial charge in [-0.15, -0.1) is 0 Å². The minimum absolute atomic E-state index is 0.0699. The minimum atomic E-state index is -0.679. The summed E-state index contributed by atoms with van der Waals surface area (Å²) in [4.78, 5) is 21.2. The van der Waals surface area contributed by atoms with E-state index in [2.05, 4.69) is 23.5 Å². The van der Waals surface area contributed by atoms with Gasteiger partial charge in [-0.3, -0.25) is 25.7 Å². The molecule has 1 aliphatic heterocycles. The number of non-ortho nitro benzene ring substituents is 1. The van der Waals surface area contributed by atoms with E-state index >= 15 is 0 Å². The highest BCUT2D eigenvalue weighted by Gasteiger charge is 2.64. The minimum Gasteiger partial charge on any atom is -0.476 e. The van der Waals surface area contributed by atoms with Gasteiger partial charge in [0.25, 0.3) is 5.69 Å². The van der Waals surface area contributed by atoms with E-state index in [0.717, 1.165) is 43.1 Å². The van der Waals surface area contributed by atoms with Gasteiger partial charge >= 0.3 is 5.69 Å². The quantitative estimate of drug-likeness (QED) is 0.423. The van der Waals surface area contributed by atoms with Gasteiger partial charge in [0.2, 0.25) is 0 Å². The van der Waals surface area contributed by atoms with Crippen LogP contribution in [0.4, 0.5) is 17.1 Å². The summed E-state index contributed by atoms with van der Waals surface area (Å²) >= 11 is 0. The molecule has 2 aromatic rings. The number of hydrogen-bond donors (Lipinski definition) is 1. The Morgan fingerprint density at radius 1 is 1.13 bits per heavy atom. The molecule has 5 rings (SSSR count). The van der Waals surface area contributed by atoms with Crippen molar-refractivity contribution in [2.75, 3.05) is 5.43 Å². The Hall–Kier alpha value is -3.75. The number of nitrogens with zero attached hydrogens (tertiary/aromatic N) is 3. The monoisotopic (exact) mass is 420 g/mol. The lowest BCUT2D eigenvalue weighted by Gasteiger charge is -2.56. The van der Waals surface area contributed by atoms with Crippen molar-refractivity contribution in [1.29, 1.82) is 0 Å². The average Bonchev–Trinajstić information content (AvgIpc) is 3.06. The van der Waals surface area contributed by atoms with Crippen LogP contribution in [0, 0.1) is 25.6 Å². The van der Waals surface area contributed by atoms with Crippen LogP contribution >= 0.6 is 0 Å². The molecule has 9 heteroatoms. The van der Waals surface area contributed by atoms with Gasteiger partial charge in [0.1, 0.15) is 17.1 Å². The van der Waals surface area contributed by atoms with Crippen molar-refractivity contribution in [3.63, 3.8) is 0 Å². The van der Waals surface area contributed by atoms with Gasteiger partial charge in [-0.25, -0.2) is 0 Å². The van der Waals surface area contributed by atoms with Crippen molar-refractivity contribution in [2.24, 2.45) is 10.5 Å². The Morgan fingerprint density at radius 2 is 1.94 bits per heavy atom. The lowest BCUT2D eigenvalue weighted by molar-refractivity contribution is -0.393. The highest BCUT2D eigenvalue weighted by Crippen LogP contribution is 2.63. The maximum Gasteiger partial charge on any atom is 0.301 e. The van der Waals surface area contributed by atoms with Crippen molar-refractivity contribution in [2.45, 2.75) is 38.2 Å². The fraction of sp³-hybridized carbons (Fsp3) is 0.318. The normalized spacial score (nSPS) is 27.0. The molecular formula is C22H20N4O5. The SMILES string of the molecule is C[C@@]12CCCC=C1[C@@]1(C2)Oc2ccccc2/C1=N\Nc1ccc([N+](=O)[O-])cc1[N+](=O)[O-]. The van der Waals surface area contributed by atoms with Crippen LogP contribution in [0.2, 0.25) is 0 Å². The molecule has 2 atom stereocenters. The van der Waals surface area contributed by atoms with Crippen molar-refractivity contribution in [3.8, 4) is 5.75 Å². The van der Waals surface area contributed by atoms with E-state index in [9.17, 15) is 20.2 Å². The number of fused-ring (bicyclic) bond motifs is 3. The molecule has 1 fully saturated rings. The van der Waals surface area contributed by atoms with Crippen LogP contribution in [-0.4, -0.2) is 21.2 Å². The van der Waals surface area contributed by atoms with Gasteiger partial charge in [0.05, 0.1) is 15.9 Å². The Morgan fingerprint density at radius 3 is 2.68 bits per heavy atom. The maximum absolute atomic E-state index is 11.5. The standard InChI is InChI=1S/C22H20N4O5/c1-21-11-5-4-8-19(21)22(13-21)20(15-6-2-3-7-18(15)31-22)24-23-16-10-9-14(25(27)28)12-17(16)26(29)30/h2-3,6-10,12,23H,4-5,11,13H2,1H3/b24-20+/t21-,22+/m0/s1. The number of hydrazone groups is 1. The Balaban J connectivity index is 1.57. The predicted molar refractivity (Wildman–Crippen MR) is 114 cm³/mol. The number of hydrogen-bond acceptors (Lipinski definition) is 7. The van der Waals surface area contributed by atoms with E-state index in [1.54, 1.807) is 0 Å². The first kappa shape index (κ1) is 19.2. The summed E-state index contributed by atoms with van der Waals surface area (Å²) in [6.07, 6.45) is 6.24. The second-order valence-electron chi connectivity index (χ2n) is 8.46. The molecule has 0 aromatic heterocycles. The number of nitrogens with one attached hydrogen (secondary N) is 1. The average molecular weight is 420 g/mol. The summed E-state index contributed by atoms with van der Waals surface area (Å²) in [7, 11) is 0. The zero-order valence-corrected chi connectivity index (χ0v) is 16.8. The molecule has 1 saturated carbocycles. The third-order valence-electron chi connectivity index (χ3n) is 6.49. The van der Waals surface area contributed by atoms with Crippen LogP contribution in [-0.2, 0) is 0 Å². The fourth-order valence-electron chi connectivity index (χ4n) is 5.15. The molecule has 0 unspecified atom stereocenters. The van der Waals surface area contributed by atoms with Crippen LogP contribution in [0.5, 0.6) is 5.75 Å². The molecule has 0 amide bonds. The van der Waals surface area contributed by atoms with Crippen molar-refractivity contribution < 1.29 is 14.6 Å². The number of anilines is 1. The number of para-hydroxylation sites is 1. The topological polar surface area (TPSA) is 120 Å². The van der Waals surface area contributed by atoms with Crippen LogP contribution in [0.3, 0.4) is 0 Å². The van der Waals surface area contributed by atoms with E-state index in [4.69, 9.17) is 4.74 Å². The first-order valence-corrected chi connectivity index (χ1v) is 10.1. The molecule has 1 heterocycles. The smallest absolute Gasteiger partial charge is 0.301 e. The highest BCUT2D eigenvalue weighted by atomic mass is 16.6. The molecule has 1 N–H and O–H groups in total. The molecule has 3 aliphatic rings. The number of nitro groups is 2. The van der Waals surface area contributed by atoms with Crippen LogP contribution in [0.15, 0.2) is 59.2 Å². The van der Waals surface area contributed by atoms with Gasteiger partial charge in [-0.2, -0.15) is 5.10 Å². The van der Waals surface area contributed by atoms with Crippen LogP contribution < -0.4 is 10.2 Å². The molecule has 1 spiro atoms. The van der Waals surface area contributed by atoms with E-state index in [-0.39, 0.29) is 16.8 Å². The van der Waals surface area contributed by atoms with Gasteiger partial charge in [0.15, 0.2) is 5.60 Å². The Bertz CT molecular complexity index is 1190. The zero-order chi connectivity index (χ0) is 21.8. The summed E-state index contributed by atoms with van der Waals surface area (Å²) in [5.74, 6) is 0.731. The van der Waals surface area contributed by atoms with Crippen LogP contribution in [0.1, 0.15) is 38.2 Å². The van der Waals surface area contributed by atoms with E-state index in [1.807, 2.05) is 24.3 Å². The lowest BCUT2D eigenvalue weighted by atomic mass is 9.51. The number of allylic oxidation sites excluding steroid dienone is 1. The first-order chi connectivity index (χ1) is 14.8. The summed E-state index contributed by atoms with van der Waals surface area (Å²) in [6.45, 7) is 2.24. The predicted octanol–water partition coefficient (Wildman–Crippen LogP) is 4.97. The number of rotatable bonds is 4. The largest absolute Gasteiger partial charge is 0.476 e. The second kappa shape index (κ2) is 6.63. The van der Waals surface area contributed by atoms with E-state index in [0.29, 0.717) is 5.71 Å². The second-order valence-corrected chi connectivity index (χ2v) is 8.46. The molecule has 158 valence electrons. The summed E-state index contributed by atoms with van der Waals surface area (Å²) in [6, 6.07) is 11.1. The zero-order valence-electron chi connectivity index (χ0n) is 16.8. The number of nitro benzene ring substituents is 2. The molecule has 9 nitrogen and oxygen atoms in total. The molecular weight excluding hydrogens is 400 g/mol. The van der Waals surface area contributed by atoms with E-state index in [1.165, 1.54) is 17.7 Å². The third-order valence-corrected chi connectivity index (χ3v) is 6.49. The molecule has 31 heavy (non-hydrogen) atoms. The van der Waals surface area contributed by atoms with Crippen molar-refractivity contribution >= 4 is 22.8 Å². The third kappa shape index (κ3) is 2.80. The highest BCUT2D eigenvalue weighted by molar-refractivity contribution is 6.14. The molecule has 2 aliphatic carbocycles. The summed E-state index contributed by atoms with van der Waals surface area (Å²) in [5, 5.41) is 27.1. The van der Waals surface area contributed by atoms with E-state index < -0.39 is 21.1 Å². The van der Waals surface area contributed by atoms with Gasteiger partial charge in [-0.05, 0) is 48.4 Å². The van der Waals surface area contributed by atoms with Gasteiger partial charge < -0.3 is 4.74 Å². The molecule has 0 radical (unpaired) electrons. The van der Waals surface area contributed by atoms with Crippen LogP contribution in [0.25, 0.3) is 0 Å². The van der Waals surface area contributed by atoms with Crippen molar-refractivity contribution in [1.82, 2.24) is 0 Å². The number of benzene rings is 2. The Labute approximate surface area is 177 Å². The Kier molecular flexibility index (Phi) is 4.11. The fourth-order valence-corrected chi connectivity index (χ4v) is 5.15. The molecule has 0 saturated heterocycles. The van der Waals surface area contributed by atoms with Gasteiger partial charge in [-0.1, -0.05) is 25.1 Å². The summed E-state index contributed by atoms with van der Waals surface area (Å²) < 4.78 is 6.43. The maximum atomic E-state index is 11.5.